The minimum absolute atomic E-state index is 0.0105. The minimum Gasteiger partial charge on any atom is -0.343 e. The summed E-state index contributed by atoms with van der Waals surface area (Å²) in [5, 5.41) is 1.85. The van der Waals surface area contributed by atoms with Crippen molar-refractivity contribution in [3.8, 4) is 0 Å². The van der Waals surface area contributed by atoms with Gasteiger partial charge in [0.2, 0.25) is 5.91 Å². The Kier molecular flexibility index (Phi) is 4.38. The topological polar surface area (TPSA) is 51.1 Å². The van der Waals surface area contributed by atoms with E-state index in [0.717, 1.165) is 11.5 Å². The standard InChI is InChI=1S/C20H15F3N2O2S/c1-28-17(18(26)24-19(28)27)14-11-25(16-9-5-3-7-13(14)16)10-12-6-2-4-8-15(12)20(21,22)23/h2-9,11,17H,1,10H2,(H,24,26,27). The average molecular weight is 404 g/mol. The van der Waals surface area contributed by atoms with E-state index in [1.807, 2.05) is 0 Å². The average Bonchev–Trinajstić information content (AvgIpc) is 3.11. The smallest absolute Gasteiger partial charge is 0.343 e. The van der Waals surface area contributed by atoms with Gasteiger partial charge in [0.25, 0.3) is 5.24 Å². The van der Waals surface area contributed by atoms with Gasteiger partial charge in [-0.05, 0) is 17.7 Å². The van der Waals surface area contributed by atoms with Crippen LogP contribution >= 0.6 is 10.5 Å². The highest BCUT2D eigenvalue weighted by Gasteiger charge is 2.37. The van der Waals surface area contributed by atoms with Crippen molar-refractivity contribution in [3.05, 3.63) is 71.4 Å². The first-order chi connectivity index (χ1) is 13.3. The molecule has 2 aromatic carbocycles. The predicted octanol–water partition coefficient (Wildman–Crippen LogP) is 4.70. The van der Waals surface area contributed by atoms with Crippen molar-refractivity contribution < 1.29 is 22.8 Å². The molecule has 1 aromatic heterocycles. The maximum atomic E-state index is 13.4. The highest BCUT2D eigenvalue weighted by molar-refractivity contribution is 8.28. The van der Waals surface area contributed by atoms with E-state index >= 15 is 0 Å². The highest BCUT2D eigenvalue weighted by Crippen LogP contribution is 2.43. The fourth-order valence-electron chi connectivity index (χ4n) is 3.50. The van der Waals surface area contributed by atoms with E-state index in [1.54, 1.807) is 41.1 Å². The van der Waals surface area contributed by atoms with E-state index in [9.17, 15) is 22.8 Å². The third kappa shape index (κ3) is 3.03. The molecule has 4 rings (SSSR count). The molecule has 3 aromatic rings. The number of fused-ring (bicyclic) bond motifs is 1. The lowest BCUT2D eigenvalue weighted by molar-refractivity contribution is -0.138. The van der Waals surface area contributed by atoms with Crippen LogP contribution in [0.4, 0.5) is 18.0 Å². The predicted molar refractivity (Wildman–Crippen MR) is 103 cm³/mol. The quantitative estimate of drug-likeness (QED) is 0.644. The second-order valence-electron chi connectivity index (χ2n) is 6.47. The number of hydrogen-bond acceptors (Lipinski definition) is 2. The van der Waals surface area contributed by atoms with Gasteiger partial charge in [-0.3, -0.25) is 14.9 Å². The normalized spacial score (nSPS) is 20.0. The molecule has 28 heavy (non-hydrogen) atoms. The molecule has 0 radical (unpaired) electrons. The number of alkyl halides is 3. The van der Waals surface area contributed by atoms with Crippen molar-refractivity contribution >= 4 is 38.4 Å². The Morgan fingerprint density at radius 3 is 2.43 bits per heavy atom. The molecule has 144 valence electrons. The van der Waals surface area contributed by atoms with Crippen LogP contribution in [0.3, 0.4) is 0 Å². The summed E-state index contributed by atoms with van der Waals surface area (Å²) >= 11 is 0. The van der Waals surface area contributed by atoms with Crippen LogP contribution in [0, 0.1) is 0 Å². The van der Waals surface area contributed by atoms with Gasteiger partial charge in [0, 0.05) is 29.2 Å². The van der Waals surface area contributed by atoms with E-state index < -0.39 is 38.6 Å². The van der Waals surface area contributed by atoms with Gasteiger partial charge in [-0.15, -0.1) is 0 Å². The van der Waals surface area contributed by atoms with E-state index in [4.69, 9.17) is 0 Å². The lowest BCUT2D eigenvalue weighted by Crippen LogP contribution is -2.20. The maximum Gasteiger partial charge on any atom is 0.416 e. The van der Waals surface area contributed by atoms with Crippen LogP contribution in [0.15, 0.2) is 54.7 Å². The van der Waals surface area contributed by atoms with E-state index in [0.29, 0.717) is 11.1 Å². The first-order valence-corrected chi connectivity index (χ1v) is 9.83. The molecule has 2 heterocycles. The molecular weight excluding hydrogens is 389 g/mol. The summed E-state index contributed by atoms with van der Waals surface area (Å²) in [6, 6.07) is 12.6. The van der Waals surface area contributed by atoms with Gasteiger partial charge in [-0.1, -0.05) is 52.8 Å². The second kappa shape index (κ2) is 6.63. The summed E-state index contributed by atoms with van der Waals surface area (Å²) < 4.78 is 41.7. The number of carbonyl (C=O) groups excluding carboxylic acids is 2. The number of halogens is 3. The van der Waals surface area contributed by atoms with Crippen molar-refractivity contribution in [2.24, 2.45) is 0 Å². The molecule has 0 spiro atoms. The van der Waals surface area contributed by atoms with Crippen LogP contribution in [0.2, 0.25) is 0 Å². The molecule has 1 fully saturated rings. The van der Waals surface area contributed by atoms with E-state index in [-0.39, 0.29) is 12.1 Å². The number of imide groups is 1. The molecular formula is C20H15F3N2O2S. The summed E-state index contributed by atoms with van der Waals surface area (Å²) in [5.41, 5.74) is 0.725. The number of nitrogens with zero attached hydrogens (tertiary/aromatic N) is 1. The Morgan fingerprint density at radius 2 is 1.75 bits per heavy atom. The van der Waals surface area contributed by atoms with Crippen molar-refractivity contribution in [1.29, 1.82) is 0 Å². The van der Waals surface area contributed by atoms with Crippen LogP contribution in [0.25, 0.3) is 10.9 Å². The number of nitrogens with one attached hydrogen (secondary N) is 1. The highest BCUT2D eigenvalue weighted by atomic mass is 32.2. The van der Waals surface area contributed by atoms with Gasteiger partial charge in [0.05, 0.1) is 5.56 Å². The lowest BCUT2D eigenvalue weighted by Gasteiger charge is -2.14. The summed E-state index contributed by atoms with van der Waals surface area (Å²) in [6.45, 7) is -0.0105. The molecule has 2 unspecified atom stereocenters. The summed E-state index contributed by atoms with van der Waals surface area (Å²) in [6.07, 6.45) is -2.80. The largest absolute Gasteiger partial charge is 0.416 e. The van der Waals surface area contributed by atoms with Gasteiger partial charge in [0.1, 0.15) is 5.25 Å². The minimum atomic E-state index is -4.46. The SMILES string of the molecule is C=S1C(=O)NC(=O)C1c1cn(Cc2ccccc2C(F)(F)F)c2ccccc12. The molecule has 1 aliphatic heterocycles. The maximum absolute atomic E-state index is 13.4. The van der Waals surface area contributed by atoms with Crippen molar-refractivity contribution in [1.82, 2.24) is 9.88 Å². The van der Waals surface area contributed by atoms with Crippen LogP contribution in [0.1, 0.15) is 21.9 Å². The number of aromatic nitrogens is 1. The summed E-state index contributed by atoms with van der Waals surface area (Å²) in [4.78, 5) is 24.1. The van der Waals surface area contributed by atoms with E-state index in [1.165, 1.54) is 12.1 Å². The van der Waals surface area contributed by atoms with Gasteiger partial charge in [-0.2, -0.15) is 13.2 Å². The monoisotopic (exact) mass is 404 g/mol. The zero-order valence-corrected chi connectivity index (χ0v) is 15.3. The Hall–Kier alpha value is -2.87. The fourth-order valence-corrected chi connectivity index (χ4v) is 4.75. The Balaban J connectivity index is 1.84. The Labute approximate surface area is 160 Å². The van der Waals surface area contributed by atoms with Crippen LogP contribution in [0.5, 0.6) is 0 Å². The van der Waals surface area contributed by atoms with Crippen LogP contribution in [-0.2, 0) is 17.5 Å². The van der Waals surface area contributed by atoms with Crippen molar-refractivity contribution in [2.45, 2.75) is 18.0 Å². The molecule has 2 amide bonds. The summed E-state index contributed by atoms with van der Waals surface area (Å²) in [7, 11) is -1.09. The second-order valence-corrected chi connectivity index (χ2v) is 8.17. The van der Waals surface area contributed by atoms with Crippen molar-refractivity contribution in [2.75, 3.05) is 0 Å². The number of rotatable bonds is 3. The number of amides is 2. The molecule has 0 bridgehead atoms. The molecule has 0 saturated carbocycles. The molecule has 4 nitrogen and oxygen atoms in total. The van der Waals surface area contributed by atoms with E-state index in [2.05, 4.69) is 11.2 Å². The zero-order chi connectivity index (χ0) is 20.1. The number of carbonyl (C=O) groups is 2. The third-order valence-electron chi connectivity index (χ3n) is 4.75. The molecule has 1 aliphatic rings. The van der Waals surface area contributed by atoms with Gasteiger partial charge in [-0.25, -0.2) is 0 Å². The first kappa shape index (κ1) is 18.5. The number of para-hydroxylation sites is 1. The fraction of sp³-hybridized carbons (Fsp3) is 0.150. The van der Waals surface area contributed by atoms with Crippen LogP contribution in [-0.4, -0.2) is 21.6 Å². The molecule has 0 aliphatic carbocycles. The molecule has 1 N–H and O–H groups in total. The van der Waals surface area contributed by atoms with Gasteiger partial charge < -0.3 is 4.57 Å². The Bertz CT molecular complexity index is 1130. The van der Waals surface area contributed by atoms with Crippen molar-refractivity contribution in [3.63, 3.8) is 0 Å². The van der Waals surface area contributed by atoms with Crippen LogP contribution < -0.4 is 5.32 Å². The third-order valence-corrected chi connectivity index (χ3v) is 6.37. The summed E-state index contributed by atoms with van der Waals surface area (Å²) in [5.74, 6) is 3.38. The molecule has 8 heteroatoms. The zero-order valence-electron chi connectivity index (χ0n) is 14.5. The first-order valence-electron chi connectivity index (χ1n) is 8.38. The van der Waals surface area contributed by atoms with Gasteiger partial charge >= 0.3 is 6.18 Å². The lowest BCUT2D eigenvalue weighted by atomic mass is 10.1. The number of benzene rings is 2. The Morgan fingerprint density at radius 1 is 1.07 bits per heavy atom. The molecule has 1 saturated heterocycles. The number of hydrogen-bond donors (Lipinski definition) is 1. The molecule has 2 atom stereocenters. The van der Waals surface area contributed by atoms with Gasteiger partial charge in [0.15, 0.2) is 0 Å².